The van der Waals surface area contributed by atoms with Crippen molar-refractivity contribution in [2.24, 2.45) is 0 Å². The quantitative estimate of drug-likeness (QED) is 0.744. The maximum atomic E-state index is 11.8. The molecule has 1 aromatic rings. The number of ether oxygens (including phenoxy) is 1. The van der Waals surface area contributed by atoms with E-state index in [1.54, 1.807) is 0 Å². The molecule has 17 heavy (non-hydrogen) atoms. The summed E-state index contributed by atoms with van der Waals surface area (Å²) >= 11 is 0. The van der Waals surface area contributed by atoms with Crippen LogP contribution >= 0.6 is 0 Å². The molecule has 6 heteroatoms. The number of carbonyl (C=O) groups is 1. The van der Waals surface area contributed by atoms with Crippen LogP contribution in [0.4, 0.5) is 5.82 Å². The summed E-state index contributed by atoms with van der Waals surface area (Å²) in [6.07, 6.45) is 4.54. The Hall–Kier alpha value is -1.69. The van der Waals surface area contributed by atoms with Crippen molar-refractivity contribution in [3.63, 3.8) is 0 Å². The molecule has 1 aliphatic rings. The van der Waals surface area contributed by atoms with Crippen LogP contribution in [0.1, 0.15) is 23.3 Å². The third-order valence-corrected chi connectivity index (χ3v) is 2.86. The Morgan fingerprint density at radius 2 is 2.06 bits per heavy atom. The molecule has 0 unspecified atom stereocenters. The van der Waals surface area contributed by atoms with E-state index in [0.717, 1.165) is 25.9 Å². The highest BCUT2D eigenvalue weighted by atomic mass is 16.5. The van der Waals surface area contributed by atoms with E-state index >= 15 is 0 Å². The zero-order valence-electron chi connectivity index (χ0n) is 9.80. The number of esters is 1. The van der Waals surface area contributed by atoms with Crippen LogP contribution in [0.5, 0.6) is 0 Å². The normalized spacial score (nSPS) is 17.9. The van der Waals surface area contributed by atoms with Crippen molar-refractivity contribution in [3.8, 4) is 0 Å². The minimum atomic E-state index is -0.481. The number of likely N-dealkylation sites (tertiary alicyclic amines) is 1. The van der Waals surface area contributed by atoms with E-state index < -0.39 is 5.97 Å². The van der Waals surface area contributed by atoms with Gasteiger partial charge in [-0.3, -0.25) is 0 Å². The Kier molecular flexibility index (Phi) is 3.53. The van der Waals surface area contributed by atoms with Crippen molar-refractivity contribution < 1.29 is 9.53 Å². The van der Waals surface area contributed by atoms with E-state index in [1.165, 1.54) is 12.4 Å². The van der Waals surface area contributed by atoms with E-state index in [9.17, 15) is 4.79 Å². The number of nitrogen functional groups attached to an aromatic ring is 1. The zero-order valence-corrected chi connectivity index (χ0v) is 9.80. The van der Waals surface area contributed by atoms with Crippen molar-refractivity contribution in [1.29, 1.82) is 0 Å². The van der Waals surface area contributed by atoms with E-state index in [4.69, 9.17) is 10.5 Å². The number of hydrogen-bond acceptors (Lipinski definition) is 6. The Morgan fingerprint density at radius 3 is 2.71 bits per heavy atom. The molecule has 2 N–H and O–H groups in total. The second-order valence-corrected chi connectivity index (χ2v) is 4.20. The predicted octanol–water partition coefficient (Wildman–Crippen LogP) is 0.310. The molecule has 0 amide bonds. The second kappa shape index (κ2) is 5.09. The Balaban J connectivity index is 1.96. The molecule has 1 fully saturated rings. The SMILES string of the molecule is CN1CCC(OC(=O)c2nccnc2N)CC1. The molecule has 6 nitrogen and oxygen atoms in total. The van der Waals surface area contributed by atoms with Gasteiger partial charge in [-0.15, -0.1) is 0 Å². The van der Waals surface area contributed by atoms with Crippen LogP contribution in [0.25, 0.3) is 0 Å². The summed E-state index contributed by atoms with van der Waals surface area (Å²) in [5.74, 6) is -0.365. The first-order chi connectivity index (χ1) is 8.16. The number of piperidine rings is 1. The fourth-order valence-electron chi connectivity index (χ4n) is 1.82. The highest BCUT2D eigenvalue weighted by Crippen LogP contribution is 2.15. The fourth-order valence-corrected chi connectivity index (χ4v) is 1.82. The van der Waals surface area contributed by atoms with Crippen LogP contribution in [-0.2, 0) is 4.74 Å². The van der Waals surface area contributed by atoms with E-state index in [2.05, 4.69) is 21.9 Å². The molecule has 2 heterocycles. The first kappa shape index (κ1) is 11.8. The number of aromatic nitrogens is 2. The van der Waals surface area contributed by atoms with Crippen LogP contribution in [0.2, 0.25) is 0 Å². The van der Waals surface area contributed by atoms with Gasteiger partial charge in [-0.25, -0.2) is 14.8 Å². The monoisotopic (exact) mass is 236 g/mol. The number of anilines is 1. The third-order valence-electron chi connectivity index (χ3n) is 2.86. The molecule has 1 aliphatic heterocycles. The van der Waals surface area contributed by atoms with Gasteiger partial charge in [0.05, 0.1) is 0 Å². The minimum Gasteiger partial charge on any atom is -0.457 e. The van der Waals surface area contributed by atoms with Gasteiger partial charge >= 0.3 is 5.97 Å². The van der Waals surface area contributed by atoms with Crippen LogP contribution in [0, 0.1) is 0 Å². The molecule has 2 rings (SSSR count). The number of hydrogen-bond donors (Lipinski definition) is 1. The summed E-state index contributed by atoms with van der Waals surface area (Å²) in [6.45, 7) is 1.88. The van der Waals surface area contributed by atoms with Gasteiger partial charge < -0.3 is 15.4 Å². The van der Waals surface area contributed by atoms with Crippen LogP contribution in [0.3, 0.4) is 0 Å². The molecule has 1 aromatic heterocycles. The fraction of sp³-hybridized carbons (Fsp3) is 0.545. The largest absolute Gasteiger partial charge is 0.457 e. The maximum Gasteiger partial charge on any atom is 0.361 e. The van der Waals surface area contributed by atoms with Gasteiger partial charge in [0.1, 0.15) is 6.10 Å². The smallest absolute Gasteiger partial charge is 0.361 e. The number of nitrogens with zero attached hydrogens (tertiary/aromatic N) is 3. The summed E-state index contributed by atoms with van der Waals surface area (Å²) in [5.41, 5.74) is 5.67. The van der Waals surface area contributed by atoms with Crippen molar-refractivity contribution in [2.75, 3.05) is 25.9 Å². The van der Waals surface area contributed by atoms with E-state index in [-0.39, 0.29) is 17.6 Å². The first-order valence-electron chi connectivity index (χ1n) is 5.63. The molecule has 0 saturated carbocycles. The van der Waals surface area contributed by atoms with Crippen molar-refractivity contribution in [3.05, 3.63) is 18.1 Å². The second-order valence-electron chi connectivity index (χ2n) is 4.20. The average molecular weight is 236 g/mol. The molecule has 1 saturated heterocycles. The van der Waals surface area contributed by atoms with Gasteiger partial charge in [-0.2, -0.15) is 0 Å². The molecule has 0 atom stereocenters. The summed E-state index contributed by atoms with van der Waals surface area (Å²) in [5, 5.41) is 0. The molecule has 0 aromatic carbocycles. The number of nitrogens with two attached hydrogens (primary N) is 1. The lowest BCUT2D eigenvalue weighted by atomic mass is 10.1. The van der Waals surface area contributed by atoms with Gasteiger partial charge in [-0.1, -0.05) is 0 Å². The minimum absolute atomic E-state index is 0.0416. The van der Waals surface area contributed by atoms with Crippen LogP contribution in [-0.4, -0.2) is 47.1 Å². The molecule has 0 spiro atoms. The summed E-state index contributed by atoms with van der Waals surface area (Å²) < 4.78 is 5.36. The number of carbonyl (C=O) groups excluding carboxylic acids is 1. The van der Waals surface area contributed by atoms with Crippen LogP contribution in [0.15, 0.2) is 12.4 Å². The lowest BCUT2D eigenvalue weighted by Gasteiger charge is -2.28. The van der Waals surface area contributed by atoms with Gasteiger partial charge in [0.2, 0.25) is 0 Å². The molecular weight excluding hydrogens is 220 g/mol. The highest BCUT2D eigenvalue weighted by molar-refractivity contribution is 5.91. The molecule has 92 valence electrons. The summed E-state index contributed by atoms with van der Waals surface area (Å²) in [7, 11) is 2.05. The van der Waals surface area contributed by atoms with Crippen LogP contribution < -0.4 is 5.73 Å². The molecular formula is C11H16N4O2. The summed E-state index contributed by atoms with van der Waals surface area (Å²) in [6, 6.07) is 0. The molecule has 0 bridgehead atoms. The van der Waals surface area contributed by atoms with Crippen molar-refractivity contribution >= 4 is 11.8 Å². The van der Waals surface area contributed by atoms with Gasteiger partial charge in [0.15, 0.2) is 11.5 Å². The highest BCUT2D eigenvalue weighted by Gasteiger charge is 2.22. The van der Waals surface area contributed by atoms with E-state index in [0.29, 0.717) is 0 Å². The average Bonchev–Trinajstić information content (AvgIpc) is 2.32. The van der Waals surface area contributed by atoms with Gasteiger partial charge in [0, 0.05) is 25.5 Å². The number of rotatable bonds is 2. The zero-order chi connectivity index (χ0) is 12.3. The third kappa shape index (κ3) is 2.91. The standard InChI is InChI=1S/C11H16N4O2/c1-15-6-2-8(3-7-15)17-11(16)9-10(12)14-5-4-13-9/h4-5,8H,2-3,6-7H2,1H3,(H2,12,14). The van der Waals surface area contributed by atoms with E-state index in [1.807, 2.05) is 0 Å². The molecule has 0 radical (unpaired) electrons. The van der Waals surface area contributed by atoms with Crippen molar-refractivity contribution in [2.45, 2.75) is 18.9 Å². The summed E-state index contributed by atoms with van der Waals surface area (Å²) in [4.78, 5) is 21.7. The lowest BCUT2D eigenvalue weighted by molar-refractivity contribution is 0.0134. The Labute approximate surface area is 99.8 Å². The Morgan fingerprint density at radius 1 is 1.41 bits per heavy atom. The maximum absolute atomic E-state index is 11.8. The van der Waals surface area contributed by atoms with Crippen molar-refractivity contribution in [1.82, 2.24) is 14.9 Å². The Bertz CT molecular complexity index is 402. The molecule has 0 aliphatic carbocycles. The topological polar surface area (TPSA) is 81.3 Å². The lowest BCUT2D eigenvalue weighted by Crippen LogP contribution is -2.35. The first-order valence-corrected chi connectivity index (χ1v) is 5.63. The predicted molar refractivity (Wildman–Crippen MR) is 62.4 cm³/mol. The van der Waals surface area contributed by atoms with Gasteiger partial charge in [0.25, 0.3) is 0 Å². The van der Waals surface area contributed by atoms with Gasteiger partial charge in [-0.05, 0) is 19.9 Å².